The van der Waals surface area contributed by atoms with Gasteiger partial charge in [0, 0.05) is 5.39 Å². The van der Waals surface area contributed by atoms with E-state index in [1.807, 2.05) is 0 Å². The molecule has 15 heavy (non-hydrogen) atoms. The van der Waals surface area contributed by atoms with Crippen LogP contribution in [-0.4, -0.2) is 0 Å². The second-order valence-electron chi connectivity index (χ2n) is 3.12. The number of fused-ring (bicyclic) bond motifs is 1. The van der Waals surface area contributed by atoms with Crippen LogP contribution in [0.2, 0.25) is 5.02 Å². The Kier molecular flexibility index (Phi) is 2.22. The number of hydrogen-bond acceptors (Lipinski definition) is 2. The average Bonchev–Trinajstić information content (AvgIpc) is 2.25. The van der Waals surface area contributed by atoms with Crippen LogP contribution in [-0.2, 0) is 0 Å². The largest absolute Gasteiger partial charge is 0.423 e. The van der Waals surface area contributed by atoms with Crippen LogP contribution in [0.4, 0.5) is 5.69 Å². The summed E-state index contributed by atoms with van der Waals surface area (Å²) >= 11 is 5.76. The van der Waals surface area contributed by atoms with Gasteiger partial charge >= 0.3 is 5.63 Å². The Hall–Kier alpha value is -1.79. The maximum Gasteiger partial charge on any atom is 0.355 e. The van der Waals surface area contributed by atoms with E-state index in [0.29, 0.717) is 16.8 Å². The van der Waals surface area contributed by atoms with Gasteiger partial charge in [0.25, 0.3) is 0 Å². The molecule has 4 heteroatoms. The summed E-state index contributed by atoms with van der Waals surface area (Å²) in [5, 5.41) is 0.852. The van der Waals surface area contributed by atoms with Crippen LogP contribution in [0.1, 0.15) is 5.56 Å². The highest BCUT2D eigenvalue weighted by Gasteiger charge is 2.08. The zero-order valence-electron chi connectivity index (χ0n) is 7.87. The van der Waals surface area contributed by atoms with Gasteiger partial charge in [-0.3, -0.25) is 0 Å². The molecule has 0 atom stereocenters. The maximum absolute atomic E-state index is 11.3. The quantitative estimate of drug-likeness (QED) is 0.503. The van der Waals surface area contributed by atoms with Gasteiger partial charge in [0.15, 0.2) is 5.69 Å². The number of rotatable bonds is 0. The molecule has 0 radical (unpaired) electrons. The van der Waals surface area contributed by atoms with Crippen molar-refractivity contribution < 1.29 is 4.42 Å². The van der Waals surface area contributed by atoms with Gasteiger partial charge in [-0.25, -0.2) is 9.64 Å². The molecule has 0 amide bonds. The third kappa shape index (κ3) is 1.49. The zero-order chi connectivity index (χ0) is 11.0. The fourth-order valence-corrected chi connectivity index (χ4v) is 1.53. The Morgan fingerprint density at radius 2 is 2.20 bits per heavy atom. The molecule has 0 aliphatic rings. The molecule has 0 spiro atoms. The lowest BCUT2D eigenvalue weighted by Gasteiger charge is -2.02. The van der Waals surface area contributed by atoms with Crippen LogP contribution in [0.25, 0.3) is 15.8 Å². The van der Waals surface area contributed by atoms with Gasteiger partial charge in [0.2, 0.25) is 0 Å². The molecule has 1 aromatic heterocycles. The molecule has 3 nitrogen and oxygen atoms in total. The molecule has 0 bridgehead atoms. The highest BCUT2D eigenvalue weighted by atomic mass is 35.5. The van der Waals surface area contributed by atoms with Crippen molar-refractivity contribution in [1.82, 2.24) is 0 Å². The molecule has 0 saturated carbocycles. The van der Waals surface area contributed by atoms with Crippen LogP contribution in [0, 0.1) is 13.5 Å². The van der Waals surface area contributed by atoms with Crippen molar-refractivity contribution in [2.24, 2.45) is 0 Å². The van der Waals surface area contributed by atoms with Gasteiger partial charge in [0.05, 0.1) is 6.57 Å². The molecular formula is C11H6ClNO2. The second-order valence-corrected chi connectivity index (χ2v) is 3.50. The summed E-state index contributed by atoms with van der Waals surface area (Å²) in [7, 11) is 0. The van der Waals surface area contributed by atoms with Gasteiger partial charge < -0.3 is 4.42 Å². The summed E-state index contributed by atoms with van der Waals surface area (Å²) in [5.41, 5.74) is 0.950. The van der Waals surface area contributed by atoms with E-state index >= 15 is 0 Å². The summed E-state index contributed by atoms with van der Waals surface area (Å²) in [5.74, 6) is 0. The van der Waals surface area contributed by atoms with Gasteiger partial charge in [-0.15, -0.1) is 0 Å². The molecule has 74 valence electrons. The normalized spacial score (nSPS) is 10.2. The SMILES string of the molecule is [C-]#[N+]c1ccc2c(C)c(Cl)c(=O)oc2c1. The molecule has 0 fully saturated rings. The van der Waals surface area contributed by atoms with E-state index < -0.39 is 5.63 Å². The van der Waals surface area contributed by atoms with Crippen molar-refractivity contribution in [3.05, 3.63) is 50.6 Å². The Morgan fingerprint density at radius 3 is 2.87 bits per heavy atom. The van der Waals surface area contributed by atoms with E-state index in [1.54, 1.807) is 19.1 Å². The van der Waals surface area contributed by atoms with Crippen molar-refractivity contribution in [3.63, 3.8) is 0 Å². The topological polar surface area (TPSA) is 34.6 Å². The third-order valence-electron chi connectivity index (χ3n) is 2.21. The predicted molar refractivity (Wildman–Crippen MR) is 58.5 cm³/mol. The Bertz CT molecular complexity index is 637. The summed E-state index contributed by atoms with van der Waals surface area (Å²) in [4.78, 5) is 14.5. The minimum atomic E-state index is -0.566. The Labute approximate surface area is 90.7 Å². The highest BCUT2D eigenvalue weighted by Crippen LogP contribution is 2.25. The minimum absolute atomic E-state index is 0.0954. The van der Waals surface area contributed by atoms with Crippen molar-refractivity contribution in [1.29, 1.82) is 0 Å². The van der Waals surface area contributed by atoms with Crippen LogP contribution in [0.5, 0.6) is 0 Å². The van der Waals surface area contributed by atoms with E-state index in [-0.39, 0.29) is 5.02 Å². The summed E-state index contributed by atoms with van der Waals surface area (Å²) in [6.07, 6.45) is 0. The van der Waals surface area contributed by atoms with Crippen molar-refractivity contribution in [2.75, 3.05) is 0 Å². The second kappa shape index (κ2) is 3.41. The van der Waals surface area contributed by atoms with Crippen LogP contribution >= 0.6 is 11.6 Å². The molecule has 2 aromatic rings. The summed E-state index contributed by atoms with van der Waals surface area (Å²) in [6, 6.07) is 4.93. The Morgan fingerprint density at radius 1 is 1.47 bits per heavy atom. The number of nitrogens with zero attached hydrogens (tertiary/aromatic N) is 1. The number of aryl methyl sites for hydroxylation is 1. The monoisotopic (exact) mass is 219 g/mol. The van der Waals surface area contributed by atoms with Crippen LogP contribution < -0.4 is 5.63 Å². The van der Waals surface area contributed by atoms with E-state index in [0.717, 1.165) is 5.39 Å². The molecule has 1 aromatic carbocycles. The fourth-order valence-electron chi connectivity index (χ4n) is 1.39. The molecule has 0 aliphatic heterocycles. The smallest absolute Gasteiger partial charge is 0.355 e. The van der Waals surface area contributed by atoms with Crippen molar-refractivity contribution >= 4 is 28.3 Å². The minimum Gasteiger partial charge on any atom is -0.423 e. The van der Waals surface area contributed by atoms with Gasteiger partial charge in [-0.1, -0.05) is 23.7 Å². The zero-order valence-corrected chi connectivity index (χ0v) is 8.63. The Balaban J connectivity index is 2.94. The lowest BCUT2D eigenvalue weighted by atomic mass is 10.1. The lowest BCUT2D eigenvalue weighted by molar-refractivity contribution is 0.560. The van der Waals surface area contributed by atoms with Gasteiger partial charge in [-0.05, 0) is 18.6 Å². The van der Waals surface area contributed by atoms with Crippen LogP contribution in [0.15, 0.2) is 27.4 Å². The van der Waals surface area contributed by atoms with Gasteiger partial charge in [0.1, 0.15) is 10.6 Å². The highest BCUT2D eigenvalue weighted by molar-refractivity contribution is 6.31. The first kappa shape index (κ1) is 9.75. The van der Waals surface area contributed by atoms with E-state index in [4.69, 9.17) is 22.6 Å². The first-order valence-corrected chi connectivity index (χ1v) is 4.61. The summed E-state index contributed by atoms with van der Waals surface area (Å²) in [6.45, 7) is 8.60. The van der Waals surface area contributed by atoms with E-state index in [9.17, 15) is 4.79 Å². The number of hydrogen-bond donors (Lipinski definition) is 0. The van der Waals surface area contributed by atoms with Crippen molar-refractivity contribution in [2.45, 2.75) is 6.92 Å². The first-order chi connectivity index (χ1) is 7.13. The molecule has 1 heterocycles. The van der Waals surface area contributed by atoms with E-state index in [2.05, 4.69) is 4.85 Å². The molecule has 0 N–H and O–H groups in total. The predicted octanol–water partition coefficient (Wildman–Crippen LogP) is 3.31. The fraction of sp³-hybridized carbons (Fsp3) is 0.0909. The van der Waals surface area contributed by atoms with E-state index in [1.165, 1.54) is 6.07 Å². The standard InChI is InChI=1S/C11H6ClNO2/c1-6-8-4-3-7(13-2)5-9(8)15-11(14)10(6)12/h3-5H,1H3. The molecule has 2 rings (SSSR count). The lowest BCUT2D eigenvalue weighted by Crippen LogP contribution is -2.01. The number of halogens is 1. The molecule has 0 saturated heterocycles. The first-order valence-electron chi connectivity index (χ1n) is 4.24. The molecule has 0 aliphatic carbocycles. The van der Waals surface area contributed by atoms with Gasteiger partial charge in [-0.2, -0.15) is 0 Å². The maximum atomic E-state index is 11.3. The average molecular weight is 220 g/mol. The van der Waals surface area contributed by atoms with Crippen LogP contribution in [0.3, 0.4) is 0 Å². The third-order valence-corrected chi connectivity index (χ3v) is 2.65. The van der Waals surface area contributed by atoms with Crippen molar-refractivity contribution in [3.8, 4) is 0 Å². The molecular weight excluding hydrogens is 214 g/mol. The molecule has 0 unspecified atom stereocenters. The number of benzene rings is 1. The summed E-state index contributed by atoms with van der Waals surface area (Å²) < 4.78 is 4.98.